The molecule has 0 amide bonds. The summed E-state index contributed by atoms with van der Waals surface area (Å²) < 4.78 is 85.3. The normalized spacial score (nSPS) is 26.0. The van der Waals surface area contributed by atoms with Gasteiger partial charge in [0.05, 0.1) is 16.2 Å². The molecule has 2 atom stereocenters. The van der Waals surface area contributed by atoms with Crippen molar-refractivity contribution in [1.29, 1.82) is 0 Å². The molecule has 0 N–H and O–H groups in total. The molecule has 0 unspecified atom stereocenters. The molecule has 150 valence electrons. The smallest absolute Gasteiger partial charge is 0.189 e. The van der Waals surface area contributed by atoms with Gasteiger partial charge in [0.15, 0.2) is 31.2 Å². The molecule has 4 rings (SSSR count). The van der Waals surface area contributed by atoms with Crippen molar-refractivity contribution in [3.63, 3.8) is 0 Å². The lowest BCUT2D eigenvalue weighted by atomic mass is 9.86. The van der Waals surface area contributed by atoms with E-state index in [1.807, 2.05) is 0 Å². The molecule has 28 heavy (non-hydrogen) atoms. The molecule has 1 fully saturated rings. The van der Waals surface area contributed by atoms with E-state index in [4.69, 9.17) is 16.3 Å². The van der Waals surface area contributed by atoms with Crippen LogP contribution in [0.25, 0.3) is 0 Å². The van der Waals surface area contributed by atoms with Crippen LogP contribution in [0.15, 0.2) is 41.3 Å². The Labute approximate surface area is 166 Å². The van der Waals surface area contributed by atoms with Crippen LogP contribution in [0.3, 0.4) is 0 Å². The number of hydrogen-bond donors (Lipinski definition) is 0. The molecule has 2 aliphatic heterocycles. The zero-order valence-electron chi connectivity index (χ0n) is 14.4. The molecule has 2 aromatic rings. The van der Waals surface area contributed by atoms with Crippen LogP contribution < -0.4 is 4.74 Å². The molecule has 2 aliphatic rings. The van der Waals surface area contributed by atoms with Gasteiger partial charge in [-0.2, -0.15) is 0 Å². The minimum Gasteiger partial charge on any atom is -0.489 e. The fraction of sp³-hybridized carbons (Fsp3) is 0.333. The molecule has 0 saturated carbocycles. The molecule has 2 aromatic carbocycles. The molecule has 0 radical (unpaired) electrons. The van der Waals surface area contributed by atoms with Crippen LogP contribution in [0.5, 0.6) is 5.75 Å². The summed E-state index contributed by atoms with van der Waals surface area (Å²) in [6.45, 7) is -0.567. The molecular formula is C18H15ClF2O5S2. The van der Waals surface area contributed by atoms with Crippen LogP contribution in [-0.4, -0.2) is 34.4 Å². The summed E-state index contributed by atoms with van der Waals surface area (Å²) in [5.74, 6) is -2.75. The third-order valence-electron chi connectivity index (χ3n) is 5.40. The van der Waals surface area contributed by atoms with Crippen LogP contribution in [0.1, 0.15) is 18.4 Å². The lowest BCUT2D eigenvalue weighted by molar-refractivity contribution is 0.224. The number of ether oxygens (including phenoxy) is 1. The highest BCUT2D eigenvalue weighted by Gasteiger charge is 2.63. The van der Waals surface area contributed by atoms with Gasteiger partial charge in [0.25, 0.3) is 0 Å². The Morgan fingerprint density at radius 2 is 1.71 bits per heavy atom. The fourth-order valence-corrected chi connectivity index (χ4v) is 9.22. The minimum absolute atomic E-state index is 0.00104. The second kappa shape index (κ2) is 6.40. The third-order valence-corrected chi connectivity index (χ3v) is 10.6. The Balaban J connectivity index is 2.10. The van der Waals surface area contributed by atoms with Crippen LogP contribution in [0, 0.1) is 11.6 Å². The maximum atomic E-state index is 14.9. The Hall–Kier alpha value is -1.71. The summed E-state index contributed by atoms with van der Waals surface area (Å²) in [5.41, 5.74) is -0.554. The standard InChI is InChI=1S/C18H15ClF2O5S2/c19-11-2-4-12(5-3-11)28(24,25)18-8-1-9-27(22,23)15(18)10-26-17-14(21)7-6-13(20)16(17)18/h2-7,15H,1,8-10H2/t15-,18+/m1/s1. The largest absolute Gasteiger partial charge is 0.489 e. The second-order valence-electron chi connectivity index (χ2n) is 6.85. The molecule has 0 bridgehead atoms. The first kappa shape index (κ1) is 19.6. The fourth-order valence-electron chi connectivity index (χ4n) is 4.15. The zero-order valence-corrected chi connectivity index (χ0v) is 16.8. The Morgan fingerprint density at radius 3 is 2.39 bits per heavy atom. The number of benzene rings is 2. The minimum atomic E-state index is -4.45. The number of sulfone groups is 2. The molecule has 5 nitrogen and oxygen atoms in total. The van der Waals surface area contributed by atoms with E-state index >= 15 is 0 Å². The van der Waals surface area contributed by atoms with Gasteiger partial charge in [-0.3, -0.25) is 0 Å². The van der Waals surface area contributed by atoms with Crippen molar-refractivity contribution in [1.82, 2.24) is 0 Å². The van der Waals surface area contributed by atoms with E-state index in [0.717, 1.165) is 12.1 Å². The van der Waals surface area contributed by atoms with E-state index < -0.39 is 59.2 Å². The van der Waals surface area contributed by atoms with E-state index in [0.29, 0.717) is 0 Å². The topological polar surface area (TPSA) is 77.5 Å². The van der Waals surface area contributed by atoms with E-state index in [-0.39, 0.29) is 28.5 Å². The molecular weight excluding hydrogens is 434 g/mol. The van der Waals surface area contributed by atoms with Gasteiger partial charge in [-0.15, -0.1) is 0 Å². The lowest BCUT2D eigenvalue weighted by Crippen LogP contribution is -2.59. The zero-order chi connectivity index (χ0) is 20.3. The van der Waals surface area contributed by atoms with Crippen molar-refractivity contribution >= 4 is 31.3 Å². The lowest BCUT2D eigenvalue weighted by Gasteiger charge is -2.46. The first-order valence-electron chi connectivity index (χ1n) is 8.44. The number of rotatable bonds is 2. The molecule has 10 heteroatoms. The quantitative estimate of drug-likeness (QED) is 0.704. The van der Waals surface area contributed by atoms with E-state index in [1.54, 1.807) is 0 Å². The SMILES string of the molecule is O=S1(=O)CCC[C@@]2(S(=O)(=O)c3ccc(Cl)cc3)c3c(F)ccc(F)c3OC[C@H]21. The second-order valence-corrected chi connectivity index (χ2v) is 11.8. The van der Waals surface area contributed by atoms with Crippen LogP contribution >= 0.6 is 11.6 Å². The maximum absolute atomic E-state index is 14.9. The van der Waals surface area contributed by atoms with Crippen molar-refractivity contribution in [2.24, 2.45) is 0 Å². The summed E-state index contributed by atoms with van der Waals surface area (Å²) in [5, 5.41) is -1.26. The van der Waals surface area contributed by atoms with Crippen molar-refractivity contribution in [2.45, 2.75) is 27.7 Å². The summed E-state index contributed by atoms with van der Waals surface area (Å²) in [6, 6.07) is 6.78. The van der Waals surface area contributed by atoms with E-state index in [2.05, 4.69) is 0 Å². The monoisotopic (exact) mass is 448 g/mol. The maximum Gasteiger partial charge on any atom is 0.189 e. The molecule has 1 saturated heterocycles. The van der Waals surface area contributed by atoms with Gasteiger partial charge >= 0.3 is 0 Å². The van der Waals surface area contributed by atoms with Gasteiger partial charge < -0.3 is 4.74 Å². The van der Waals surface area contributed by atoms with Gasteiger partial charge in [0, 0.05) is 5.02 Å². The third kappa shape index (κ3) is 2.59. The number of hydrogen-bond acceptors (Lipinski definition) is 5. The summed E-state index contributed by atoms with van der Waals surface area (Å²) in [6.07, 6.45) is -0.167. The van der Waals surface area contributed by atoms with E-state index in [1.165, 1.54) is 24.3 Å². The summed E-state index contributed by atoms with van der Waals surface area (Å²) in [4.78, 5) is -0.212. The average Bonchev–Trinajstić information content (AvgIpc) is 2.64. The van der Waals surface area contributed by atoms with Crippen molar-refractivity contribution in [3.05, 3.63) is 58.6 Å². The summed E-state index contributed by atoms with van der Waals surface area (Å²) >= 11 is 5.84. The first-order valence-corrected chi connectivity index (χ1v) is 12.0. The van der Waals surface area contributed by atoms with Gasteiger partial charge in [0.2, 0.25) is 0 Å². The average molecular weight is 449 g/mol. The summed E-state index contributed by atoms with van der Waals surface area (Å²) in [7, 11) is -8.38. The Kier molecular flexibility index (Phi) is 4.48. The van der Waals surface area contributed by atoms with Crippen molar-refractivity contribution < 1.29 is 30.4 Å². The first-order chi connectivity index (χ1) is 13.1. The highest BCUT2D eigenvalue weighted by atomic mass is 35.5. The highest BCUT2D eigenvalue weighted by Crippen LogP contribution is 2.54. The number of fused-ring (bicyclic) bond motifs is 3. The Bertz CT molecular complexity index is 1160. The molecule has 2 heterocycles. The van der Waals surface area contributed by atoms with E-state index in [9.17, 15) is 25.6 Å². The molecule has 0 spiro atoms. The predicted octanol–water partition coefficient (Wildman–Crippen LogP) is 3.26. The van der Waals surface area contributed by atoms with Gasteiger partial charge in [-0.1, -0.05) is 11.6 Å². The molecule has 0 aliphatic carbocycles. The van der Waals surface area contributed by atoms with Gasteiger partial charge in [0.1, 0.15) is 22.4 Å². The number of halogens is 3. The van der Waals surface area contributed by atoms with Gasteiger partial charge in [-0.25, -0.2) is 25.6 Å². The predicted molar refractivity (Wildman–Crippen MR) is 99.0 cm³/mol. The Morgan fingerprint density at radius 1 is 1.07 bits per heavy atom. The highest BCUT2D eigenvalue weighted by molar-refractivity contribution is 7.96. The van der Waals surface area contributed by atoms with Crippen molar-refractivity contribution in [2.75, 3.05) is 12.4 Å². The van der Waals surface area contributed by atoms with Crippen LogP contribution in [-0.2, 0) is 24.4 Å². The van der Waals surface area contributed by atoms with Crippen molar-refractivity contribution in [3.8, 4) is 5.75 Å². The van der Waals surface area contributed by atoms with Crippen LogP contribution in [0.4, 0.5) is 8.78 Å². The molecule has 0 aromatic heterocycles. The van der Waals surface area contributed by atoms with Crippen LogP contribution in [0.2, 0.25) is 5.02 Å². The van der Waals surface area contributed by atoms with Gasteiger partial charge in [-0.05, 0) is 49.2 Å².